The van der Waals surface area contributed by atoms with E-state index in [0.29, 0.717) is 30.3 Å². The third kappa shape index (κ3) is 4.41. The molecule has 1 heterocycles. The summed E-state index contributed by atoms with van der Waals surface area (Å²) in [5, 5.41) is 3.37. The van der Waals surface area contributed by atoms with E-state index in [0.717, 1.165) is 42.0 Å². The van der Waals surface area contributed by atoms with Crippen LogP contribution in [0, 0.1) is 5.41 Å². The summed E-state index contributed by atoms with van der Waals surface area (Å²) in [7, 11) is 0. The molecule has 0 bridgehead atoms. The zero-order valence-corrected chi connectivity index (χ0v) is 19.0. The van der Waals surface area contributed by atoms with E-state index in [4.69, 9.17) is 9.47 Å². The number of allylic oxidation sites excluding steroid dienone is 3. The molecule has 0 amide bonds. The van der Waals surface area contributed by atoms with Crippen LogP contribution in [0.3, 0.4) is 0 Å². The maximum Gasteiger partial charge on any atom is 0.336 e. The smallest absolute Gasteiger partial charge is 0.336 e. The first-order valence-corrected chi connectivity index (χ1v) is 11.5. The summed E-state index contributed by atoms with van der Waals surface area (Å²) in [6.07, 6.45) is 6.19. The van der Waals surface area contributed by atoms with E-state index in [9.17, 15) is 9.59 Å². The fourth-order valence-corrected chi connectivity index (χ4v) is 5.19. The Morgan fingerprint density at radius 2 is 1.81 bits per heavy atom. The fraction of sp³-hybridized carbons (Fsp3) is 0.538. The second-order valence-electron chi connectivity index (χ2n) is 9.74. The van der Waals surface area contributed by atoms with Crippen LogP contribution in [0.25, 0.3) is 0 Å². The summed E-state index contributed by atoms with van der Waals surface area (Å²) in [6, 6.07) is 7.91. The number of Topliss-reactive ketones (excluding diaryl/α,β-unsaturated/α-hetero) is 1. The molecule has 0 radical (unpaired) electrons. The van der Waals surface area contributed by atoms with E-state index in [2.05, 4.69) is 19.2 Å². The molecule has 3 aliphatic rings. The van der Waals surface area contributed by atoms with Gasteiger partial charge in [-0.25, -0.2) is 4.79 Å². The van der Waals surface area contributed by atoms with Gasteiger partial charge in [0.25, 0.3) is 0 Å². The molecule has 1 unspecified atom stereocenters. The van der Waals surface area contributed by atoms with Crippen LogP contribution in [0.5, 0.6) is 5.75 Å². The Kier molecular flexibility index (Phi) is 5.96. The van der Waals surface area contributed by atoms with Gasteiger partial charge in [0.1, 0.15) is 5.75 Å². The Balaban J connectivity index is 1.72. The predicted octanol–water partition coefficient (Wildman–Crippen LogP) is 5.18. The van der Waals surface area contributed by atoms with Gasteiger partial charge < -0.3 is 14.8 Å². The molecule has 1 atom stereocenters. The minimum Gasteiger partial charge on any atom is -0.490 e. The number of ether oxygens (including phenoxy) is 2. The molecule has 2 aliphatic carbocycles. The highest BCUT2D eigenvalue weighted by molar-refractivity contribution is 6.04. The van der Waals surface area contributed by atoms with Crippen molar-refractivity contribution in [2.45, 2.75) is 78.2 Å². The molecule has 1 aromatic rings. The fourth-order valence-electron chi connectivity index (χ4n) is 5.19. The van der Waals surface area contributed by atoms with Gasteiger partial charge in [-0.05, 0) is 69.1 Å². The maximum absolute atomic E-state index is 13.3. The number of carbonyl (C=O) groups is 2. The van der Waals surface area contributed by atoms with Gasteiger partial charge in [0.15, 0.2) is 5.78 Å². The average Bonchev–Trinajstić information content (AvgIpc) is 3.19. The number of nitrogens with one attached hydrogen (secondary N) is 1. The van der Waals surface area contributed by atoms with E-state index in [1.165, 1.54) is 12.8 Å². The SMILES string of the molecule is CCOC(=O)C1=C(C)NC2=C(C(=O)CC(C)(C)C2)C1c1ccc(OC2CCCC2)cc1. The summed E-state index contributed by atoms with van der Waals surface area (Å²) in [6.45, 7) is 8.21. The zero-order chi connectivity index (χ0) is 22.2. The quantitative estimate of drug-likeness (QED) is 0.662. The van der Waals surface area contributed by atoms with E-state index in [1.54, 1.807) is 6.92 Å². The number of hydrogen-bond acceptors (Lipinski definition) is 5. The van der Waals surface area contributed by atoms with Crippen LogP contribution in [-0.2, 0) is 14.3 Å². The predicted molar refractivity (Wildman–Crippen MR) is 120 cm³/mol. The van der Waals surface area contributed by atoms with Crippen molar-refractivity contribution < 1.29 is 19.1 Å². The molecule has 1 N–H and O–H groups in total. The Hall–Kier alpha value is -2.56. The number of hydrogen-bond donors (Lipinski definition) is 1. The van der Waals surface area contributed by atoms with E-state index >= 15 is 0 Å². The van der Waals surface area contributed by atoms with Crippen molar-refractivity contribution >= 4 is 11.8 Å². The Bertz CT molecular complexity index is 933. The summed E-state index contributed by atoms with van der Waals surface area (Å²) in [5.74, 6) is 0.157. The van der Waals surface area contributed by atoms with Gasteiger partial charge in [-0.15, -0.1) is 0 Å². The van der Waals surface area contributed by atoms with E-state index < -0.39 is 5.92 Å². The Labute approximate surface area is 184 Å². The van der Waals surface area contributed by atoms with E-state index in [-0.39, 0.29) is 17.2 Å². The number of esters is 1. The highest BCUT2D eigenvalue weighted by atomic mass is 16.5. The lowest BCUT2D eigenvalue weighted by Gasteiger charge is -2.39. The molecule has 0 saturated heterocycles. The van der Waals surface area contributed by atoms with Crippen LogP contribution in [0.4, 0.5) is 0 Å². The molecule has 1 saturated carbocycles. The molecular weight excluding hydrogens is 390 g/mol. The van der Waals surface area contributed by atoms with Crippen molar-refractivity contribution in [2.24, 2.45) is 5.41 Å². The van der Waals surface area contributed by atoms with Crippen LogP contribution in [0.15, 0.2) is 46.8 Å². The number of ketones is 1. The summed E-state index contributed by atoms with van der Waals surface area (Å²) in [4.78, 5) is 26.2. The molecule has 5 nitrogen and oxygen atoms in total. The standard InChI is InChI=1S/C26H33NO4/c1-5-30-25(29)22-16(2)27-20-14-26(3,4)15-21(28)24(20)23(22)17-10-12-19(13-11-17)31-18-8-6-7-9-18/h10-13,18,23,27H,5-9,14-15H2,1-4H3. The number of benzene rings is 1. The molecule has 5 heteroatoms. The molecule has 31 heavy (non-hydrogen) atoms. The van der Waals surface area contributed by atoms with E-state index in [1.807, 2.05) is 31.2 Å². The van der Waals surface area contributed by atoms with Gasteiger partial charge in [0.05, 0.1) is 18.3 Å². The van der Waals surface area contributed by atoms with Gasteiger partial charge >= 0.3 is 5.97 Å². The second-order valence-corrected chi connectivity index (χ2v) is 9.74. The highest BCUT2D eigenvalue weighted by Gasteiger charge is 2.43. The third-order valence-corrected chi connectivity index (χ3v) is 6.55. The lowest BCUT2D eigenvalue weighted by molar-refractivity contribution is -0.138. The molecule has 4 rings (SSSR count). The normalized spacial score (nSPS) is 23.5. The average molecular weight is 424 g/mol. The molecule has 166 valence electrons. The van der Waals surface area contributed by atoms with Gasteiger partial charge in [-0.3, -0.25) is 4.79 Å². The first-order valence-electron chi connectivity index (χ1n) is 11.5. The number of carbonyl (C=O) groups excluding carboxylic acids is 2. The van der Waals surface area contributed by atoms with Crippen molar-refractivity contribution in [1.29, 1.82) is 0 Å². The maximum atomic E-state index is 13.3. The summed E-state index contributed by atoms with van der Waals surface area (Å²) >= 11 is 0. The molecular formula is C26H33NO4. The molecule has 0 aromatic heterocycles. The first kappa shape index (κ1) is 21.7. The minimum atomic E-state index is -0.417. The first-order chi connectivity index (χ1) is 14.8. The van der Waals surface area contributed by atoms with Crippen LogP contribution >= 0.6 is 0 Å². The second kappa shape index (κ2) is 8.52. The van der Waals surface area contributed by atoms with Crippen molar-refractivity contribution in [3.05, 3.63) is 52.4 Å². The zero-order valence-electron chi connectivity index (χ0n) is 19.0. The van der Waals surface area contributed by atoms with Crippen LogP contribution in [0.1, 0.15) is 77.7 Å². The van der Waals surface area contributed by atoms with Gasteiger partial charge in [0.2, 0.25) is 0 Å². The Morgan fingerprint density at radius 1 is 1.13 bits per heavy atom. The lowest BCUT2D eigenvalue weighted by atomic mass is 9.68. The minimum absolute atomic E-state index is 0.101. The van der Waals surface area contributed by atoms with Gasteiger partial charge in [0, 0.05) is 29.3 Å². The third-order valence-electron chi connectivity index (χ3n) is 6.55. The largest absolute Gasteiger partial charge is 0.490 e. The lowest BCUT2D eigenvalue weighted by Crippen LogP contribution is -2.38. The van der Waals surface area contributed by atoms with Crippen LogP contribution in [0.2, 0.25) is 0 Å². The van der Waals surface area contributed by atoms with Crippen molar-refractivity contribution in [1.82, 2.24) is 5.32 Å². The molecule has 1 fully saturated rings. The summed E-state index contributed by atoms with van der Waals surface area (Å²) < 4.78 is 11.5. The number of rotatable bonds is 5. The summed E-state index contributed by atoms with van der Waals surface area (Å²) in [5.41, 5.74) is 3.74. The van der Waals surface area contributed by atoms with Crippen LogP contribution in [-0.4, -0.2) is 24.5 Å². The van der Waals surface area contributed by atoms with Crippen molar-refractivity contribution in [2.75, 3.05) is 6.61 Å². The molecule has 1 aliphatic heterocycles. The highest BCUT2D eigenvalue weighted by Crippen LogP contribution is 2.47. The van der Waals surface area contributed by atoms with Crippen molar-refractivity contribution in [3.8, 4) is 5.75 Å². The van der Waals surface area contributed by atoms with Crippen molar-refractivity contribution in [3.63, 3.8) is 0 Å². The molecule has 0 spiro atoms. The van der Waals surface area contributed by atoms with Gasteiger partial charge in [-0.1, -0.05) is 26.0 Å². The monoisotopic (exact) mass is 423 g/mol. The topological polar surface area (TPSA) is 64.6 Å². The Morgan fingerprint density at radius 3 is 2.45 bits per heavy atom. The van der Waals surface area contributed by atoms with Crippen LogP contribution < -0.4 is 10.1 Å². The molecule has 1 aromatic carbocycles. The number of dihydropyridines is 1. The van der Waals surface area contributed by atoms with Gasteiger partial charge in [-0.2, -0.15) is 0 Å².